The summed E-state index contributed by atoms with van der Waals surface area (Å²) in [6.45, 7) is 7.03. The summed E-state index contributed by atoms with van der Waals surface area (Å²) in [5, 5.41) is 0. The van der Waals surface area contributed by atoms with Gasteiger partial charge in [0.15, 0.2) is 0 Å². The summed E-state index contributed by atoms with van der Waals surface area (Å²) in [6, 6.07) is 7.12. The van der Waals surface area contributed by atoms with Crippen LogP contribution in [0.15, 0.2) is 24.3 Å². The molecule has 6 heteroatoms. The van der Waals surface area contributed by atoms with Gasteiger partial charge in [0.2, 0.25) is 0 Å². The molecule has 0 aliphatic heterocycles. The summed E-state index contributed by atoms with van der Waals surface area (Å²) in [6.07, 6.45) is 0. The zero-order chi connectivity index (χ0) is 13.4. The van der Waals surface area contributed by atoms with Crippen molar-refractivity contribution in [1.82, 2.24) is 0 Å². The van der Waals surface area contributed by atoms with Gasteiger partial charge in [-0.1, -0.05) is 6.07 Å². The lowest BCUT2D eigenvalue weighted by molar-refractivity contribution is 0.00973. The van der Waals surface area contributed by atoms with Gasteiger partial charge in [0.05, 0.1) is 0 Å². The highest BCUT2D eigenvalue weighted by Crippen LogP contribution is 2.21. The minimum absolute atomic E-state index is 0.467. The molecule has 18 heavy (non-hydrogen) atoms. The van der Waals surface area contributed by atoms with Crippen LogP contribution in [0.25, 0.3) is 0 Å². The molecule has 0 radical (unpaired) electrons. The molecule has 102 valence electrons. The average Bonchev–Trinajstić information content (AvgIpc) is 2.30. The number of benzene rings is 1. The Morgan fingerprint density at radius 1 is 1.00 bits per heavy atom. The first-order valence-electron chi connectivity index (χ1n) is 6.12. The number of hydrogen-bond donors (Lipinski definition) is 1. The Bertz CT molecular complexity index is 345. The van der Waals surface area contributed by atoms with Gasteiger partial charge in [0.1, 0.15) is 5.75 Å². The molecule has 0 aliphatic rings. The van der Waals surface area contributed by atoms with Crippen LogP contribution >= 0.6 is 0 Å². The third-order valence-electron chi connectivity index (χ3n) is 2.06. The van der Waals surface area contributed by atoms with Crippen LogP contribution in [0.1, 0.15) is 20.8 Å². The molecule has 0 fully saturated rings. The van der Waals surface area contributed by atoms with Gasteiger partial charge in [0.25, 0.3) is 0 Å². The predicted octanol–water partition coefficient (Wildman–Crippen LogP) is 2.19. The van der Waals surface area contributed by atoms with Gasteiger partial charge in [-0.05, 0) is 32.9 Å². The zero-order valence-electron chi connectivity index (χ0n) is 11.1. The standard InChI is InChI=1S/C12H21NO4Si/c1-4-14-18(15-5-2,16-6-3)17-12-9-7-8-11(13)10-12/h7-10H,4-6,13H2,1-3H3. The van der Waals surface area contributed by atoms with Crippen molar-refractivity contribution in [3.63, 3.8) is 0 Å². The molecular weight excluding hydrogens is 250 g/mol. The maximum absolute atomic E-state index is 5.80. The van der Waals surface area contributed by atoms with Gasteiger partial charge in [-0.25, -0.2) is 0 Å². The van der Waals surface area contributed by atoms with E-state index in [2.05, 4.69) is 0 Å². The molecule has 0 saturated heterocycles. The smallest absolute Gasteiger partial charge is 0.480 e. The Labute approximate surface area is 109 Å². The first-order valence-corrected chi connectivity index (χ1v) is 7.75. The van der Waals surface area contributed by atoms with Crippen LogP contribution in [0, 0.1) is 0 Å². The Kier molecular flexibility index (Phi) is 6.13. The fraction of sp³-hybridized carbons (Fsp3) is 0.500. The maximum Gasteiger partial charge on any atom is 0.749 e. The topological polar surface area (TPSA) is 62.9 Å². The quantitative estimate of drug-likeness (QED) is 0.580. The molecule has 0 bridgehead atoms. The van der Waals surface area contributed by atoms with Gasteiger partial charge < -0.3 is 23.4 Å². The van der Waals surface area contributed by atoms with Crippen molar-refractivity contribution < 1.29 is 17.7 Å². The minimum Gasteiger partial charge on any atom is -0.480 e. The second-order valence-electron chi connectivity index (χ2n) is 3.47. The Hall–Kier alpha value is -1.08. The van der Waals surface area contributed by atoms with Crippen LogP contribution in [-0.4, -0.2) is 28.9 Å². The second kappa shape index (κ2) is 7.37. The van der Waals surface area contributed by atoms with Gasteiger partial charge in [-0.2, -0.15) is 0 Å². The van der Waals surface area contributed by atoms with E-state index in [0.717, 1.165) is 0 Å². The Balaban J connectivity index is 2.87. The van der Waals surface area contributed by atoms with E-state index in [4.69, 9.17) is 23.4 Å². The first kappa shape index (κ1) is 15.0. The van der Waals surface area contributed by atoms with E-state index in [0.29, 0.717) is 31.3 Å². The molecule has 5 nitrogen and oxygen atoms in total. The van der Waals surface area contributed by atoms with Gasteiger partial charge in [0, 0.05) is 31.6 Å². The van der Waals surface area contributed by atoms with E-state index in [-0.39, 0.29) is 0 Å². The molecule has 1 aromatic carbocycles. The molecule has 0 aliphatic carbocycles. The maximum atomic E-state index is 5.80. The normalized spacial score (nSPS) is 11.5. The molecule has 0 atom stereocenters. The minimum atomic E-state index is -3.11. The average molecular weight is 271 g/mol. The molecule has 2 N–H and O–H groups in total. The number of anilines is 1. The van der Waals surface area contributed by atoms with Gasteiger partial charge >= 0.3 is 9.05 Å². The molecule has 1 aromatic rings. The molecular formula is C12H21NO4Si. The van der Waals surface area contributed by atoms with Crippen molar-refractivity contribution in [3.05, 3.63) is 24.3 Å². The van der Waals surface area contributed by atoms with Crippen molar-refractivity contribution >= 4 is 14.7 Å². The van der Waals surface area contributed by atoms with Gasteiger partial charge in [-0.15, -0.1) is 0 Å². The molecule has 0 amide bonds. The van der Waals surface area contributed by atoms with Crippen molar-refractivity contribution in [3.8, 4) is 5.75 Å². The van der Waals surface area contributed by atoms with Crippen molar-refractivity contribution in [1.29, 1.82) is 0 Å². The van der Waals surface area contributed by atoms with Crippen LogP contribution in [0.5, 0.6) is 5.75 Å². The summed E-state index contributed by atoms with van der Waals surface area (Å²) in [7, 11) is -3.11. The molecule has 0 aromatic heterocycles. The zero-order valence-corrected chi connectivity index (χ0v) is 12.1. The van der Waals surface area contributed by atoms with Crippen molar-refractivity contribution in [2.45, 2.75) is 20.8 Å². The first-order chi connectivity index (χ1) is 8.65. The summed E-state index contributed by atoms with van der Waals surface area (Å²) < 4.78 is 22.6. The highest BCUT2D eigenvalue weighted by Gasteiger charge is 2.47. The monoisotopic (exact) mass is 271 g/mol. The number of nitrogens with two attached hydrogens (primary N) is 1. The molecule has 0 spiro atoms. The molecule has 1 rings (SSSR count). The van der Waals surface area contributed by atoms with E-state index in [9.17, 15) is 0 Å². The molecule has 0 saturated carbocycles. The largest absolute Gasteiger partial charge is 0.749 e. The summed E-state index contributed by atoms with van der Waals surface area (Å²) in [5.74, 6) is 0.594. The number of rotatable bonds is 8. The Morgan fingerprint density at radius 3 is 2.00 bits per heavy atom. The number of nitrogen functional groups attached to an aromatic ring is 1. The summed E-state index contributed by atoms with van der Waals surface area (Å²) in [4.78, 5) is 0. The van der Waals surface area contributed by atoms with E-state index in [1.807, 2.05) is 26.8 Å². The summed E-state index contributed by atoms with van der Waals surface area (Å²) >= 11 is 0. The van der Waals surface area contributed by atoms with Crippen LogP contribution in [0.2, 0.25) is 0 Å². The van der Waals surface area contributed by atoms with Crippen molar-refractivity contribution in [2.75, 3.05) is 25.6 Å². The highest BCUT2D eigenvalue weighted by atomic mass is 28.4. The Morgan fingerprint density at radius 2 is 1.56 bits per heavy atom. The van der Waals surface area contributed by atoms with Crippen LogP contribution in [0.3, 0.4) is 0 Å². The van der Waals surface area contributed by atoms with E-state index >= 15 is 0 Å². The predicted molar refractivity (Wildman–Crippen MR) is 72.1 cm³/mol. The molecule has 0 heterocycles. The third-order valence-corrected chi connectivity index (χ3v) is 4.48. The van der Waals surface area contributed by atoms with Crippen molar-refractivity contribution in [2.24, 2.45) is 0 Å². The SMILES string of the molecule is CCO[Si](OCC)(OCC)Oc1cccc(N)c1. The van der Waals surface area contributed by atoms with Gasteiger partial charge in [-0.3, -0.25) is 0 Å². The summed E-state index contributed by atoms with van der Waals surface area (Å²) in [5.41, 5.74) is 6.34. The van der Waals surface area contributed by atoms with E-state index < -0.39 is 9.05 Å². The third kappa shape index (κ3) is 4.30. The van der Waals surface area contributed by atoms with Crippen LogP contribution in [0.4, 0.5) is 5.69 Å². The lowest BCUT2D eigenvalue weighted by Crippen LogP contribution is -2.52. The lowest BCUT2D eigenvalue weighted by Gasteiger charge is -2.27. The highest BCUT2D eigenvalue weighted by molar-refractivity contribution is 6.54. The second-order valence-corrected chi connectivity index (χ2v) is 5.54. The lowest BCUT2D eigenvalue weighted by atomic mass is 10.3. The van der Waals surface area contributed by atoms with E-state index in [1.54, 1.807) is 18.2 Å². The van der Waals surface area contributed by atoms with Crippen LogP contribution < -0.4 is 10.2 Å². The molecule has 0 unspecified atom stereocenters. The van der Waals surface area contributed by atoms with Crippen LogP contribution in [-0.2, 0) is 13.3 Å². The fourth-order valence-electron chi connectivity index (χ4n) is 1.47. The number of hydrogen-bond acceptors (Lipinski definition) is 5. The van der Waals surface area contributed by atoms with E-state index in [1.165, 1.54) is 0 Å². The fourth-order valence-corrected chi connectivity index (χ4v) is 3.37.